The molecule has 0 fully saturated rings. The van der Waals surface area contributed by atoms with Gasteiger partial charge >= 0.3 is 0 Å². The van der Waals surface area contributed by atoms with Gasteiger partial charge in [-0.15, -0.1) is 0 Å². The van der Waals surface area contributed by atoms with Crippen LogP contribution in [0, 0.1) is 12.8 Å². The van der Waals surface area contributed by atoms with Gasteiger partial charge in [0.1, 0.15) is 5.60 Å². The zero-order valence-electron chi connectivity index (χ0n) is 9.40. The van der Waals surface area contributed by atoms with E-state index in [1.807, 2.05) is 18.2 Å². The zero-order valence-corrected chi connectivity index (χ0v) is 9.40. The average molecular weight is 202 g/mol. The largest absolute Gasteiger partial charge is 0.381 e. The van der Waals surface area contributed by atoms with E-state index in [0.29, 0.717) is 5.92 Å². The zero-order chi connectivity index (χ0) is 10.9. The van der Waals surface area contributed by atoms with Gasteiger partial charge < -0.3 is 5.11 Å². The molecule has 0 radical (unpaired) electrons. The highest BCUT2D eigenvalue weighted by Gasteiger charge is 2.28. The van der Waals surface area contributed by atoms with Crippen LogP contribution in [0.5, 0.6) is 0 Å². The highest BCUT2D eigenvalue weighted by atomic mass is 16.3. The molecule has 0 heterocycles. The van der Waals surface area contributed by atoms with Crippen LogP contribution in [0.2, 0.25) is 0 Å². The lowest BCUT2D eigenvalue weighted by Crippen LogP contribution is -2.26. The minimum atomic E-state index is -0.736. The van der Waals surface area contributed by atoms with Gasteiger partial charge in [-0.05, 0) is 31.2 Å². The normalized spacial score (nSPS) is 30.5. The smallest absolute Gasteiger partial charge is 0.108 e. The molecule has 1 aliphatic rings. The van der Waals surface area contributed by atoms with Crippen molar-refractivity contribution in [3.05, 3.63) is 47.5 Å². The number of aryl methyl sites for hydroxylation is 1. The first kappa shape index (κ1) is 10.4. The van der Waals surface area contributed by atoms with Gasteiger partial charge in [-0.1, -0.05) is 48.9 Å². The minimum Gasteiger partial charge on any atom is -0.381 e. The first-order valence-electron chi connectivity index (χ1n) is 5.59. The number of benzene rings is 1. The number of aliphatic hydroxyl groups is 1. The minimum absolute atomic E-state index is 0.593. The Balaban J connectivity index is 2.30. The first-order valence-corrected chi connectivity index (χ1v) is 5.59. The summed E-state index contributed by atoms with van der Waals surface area (Å²) in [4.78, 5) is 0. The van der Waals surface area contributed by atoms with Crippen molar-refractivity contribution in [2.45, 2.75) is 32.3 Å². The highest BCUT2D eigenvalue weighted by Crippen LogP contribution is 2.34. The maximum Gasteiger partial charge on any atom is 0.108 e. The van der Waals surface area contributed by atoms with Crippen LogP contribution in [0.15, 0.2) is 36.4 Å². The van der Waals surface area contributed by atoms with Gasteiger partial charge in [-0.2, -0.15) is 0 Å². The van der Waals surface area contributed by atoms with Gasteiger partial charge in [0.05, 0.1) is 0 Å². The van der Waals surface area contributed by atoms with E-state index in [4.69, 9.17) is 0 Å². The molecule has 0 bridgehead atoms. The van der Waals surface area contributed by atoms with Crippen LogP contribution in [0.3, 0.4) is 0 Å². The van der Waals surface area contributed by atoms with E-state index in [9.17, 15) is 5.11 Å². The van der Waals surface area contributed by atoms with Crippen LogP contribution in [0.1, 0.15) is 30.9 Å². The number of hydrogen-bond acceptors (Lipinski definition) is 1. The van der Waals surface area contributed by atoms with E-state index >= 15 is 0 Å². The second kappa shape index (κ2) is 3.82. The summed E-state index contributed by atoms with van der Waals surface area (Å²) in [6, 6.07) is 8.16. The number of allylic oxidation sites excluding steroid dienone is 1. The number of rotatable bonds is 1. The predicted octanol–water partition coefficient (Wildman–Crippen LogP) is 3.17. The molecule has 0 aliphatic heterocycles. The van der Waals surface area contributed by atoms with Crippen LogP contribution in [-0.2, 0) is 5.60 Å². The topological polar surface area (TPSA) is 20.2 Å². The molecule has 2 unspecified atom stereocenters. The van der Waals surface area contributed by atoms with Gasteiger partial charge in [0, 0.05) is 0 Å². The van der Waals surface area contributed by atoms with Crippen molar-refractivity contribution in [1.29, 1.82) is 0 Å². The van der Waals surface area contributed by atoms with Crippen molar-refractivity contribution < 1.29 is 5.11 Å². The second-order valence-electron chi connectivity index (χ2n) is 4.67. The fraction of sp³-hybridized carbons (Fsp3) is 0.429. The van der Waals surface area contributed by atoms with E-state index in [-0.39, 0.29) is 0 Å². The summed E-state index contributed by atoms with van der Waals surface area (Å²) in [5.41, 5.74) is 1.51. The fourth-order valence-electron chi connectivity index (χ4n) is 2.03. The lowest BCUT2D eigenvalue weighted by atomic mass is 9.81. The molecular formula is C14H18O. The molecule has 0 saturated heterocycles. The third-order valence-corrected chi connectivity index (χ3v) is 3.23. The first-order chi connectivity index (χ1) is 7.10. The van der Waals surface area contributed by atoms with Gasteiger partial charge in [0.2, 0.25) is 0 Å². The molecule has 0 spiro atoms. The third-order valence-electron chi connectivity index (χ3n) is 3.23. The number of hydrogen-bond donors (Lipinski definition) is 1. The molecule has 1 aliphatic carbocycles. The molecule has 1 N–H and O–H groups in total. The van der Waals surface area contributed by atoms with Crippen molar-refractivity contribution >= 4 is 0 Å². The molecule has 15 heavy (non-hydrogen) atoms. The molecule has 0 saturated carbocycles. The van der Waals surface area contributed by atoms with Crippen LogP contribution in [-0.4, -0.2) is 5.11 Å². The standard InChI is InChI=1S/C14H18O/c1-11-3-5-13(6-4-11)14(15)9-7-12(2)8-10-14/h3-7,9,12,15H,8,10H2,1-2H3. The molecule has 2 atom stereocenters. The molecule has 0 amide bonds. The maximum atomic E-state index is 10.5. The molecule has 1 nitrogen and oxygen atoms in total. The van der Waals surface area contributed by atoms with Crippen LogP contribution < -0.4 is 0 Å². The summed E-state index contributed by atoms with van der Waals surface area (Å²) < 4.78 is 0. The Morgan fingerprint density at radius 3 is 2.47 bits per heavy atom. The van der Waals surface area contributed by atoms with Gasteiger partial charge in [-0.3, -0.25) is 0 Å². The molecule has 1 aromatic carbocycles. The van der Waals surface area contributed by atoms with Crippen molar-refractivity contribution in [2.75, 3.05) is 0 Å². The Bertz CT molecular complexity index is 363. The van der Waals surface area contributed by atoms with Gasteiger partial charge in [0.25, 0.3) is 0 Å². The molecule has 0 aromatic heterocycles. The Morgan fingerprint density at radius 2 is 1.93 bits per heavy atom. The Labute approximate surface area is 91.4 Å². The van der Waals surface area contributed by atoms with Crippen LogP contribution >= 0.6 is 0 Å². The fourth-order valence-corrected chi connectivity index (χ4v) is 2.03. The Hall–Kier alpha value is -1.08. The lowest BCUT2D eigenvalue weighted by Gasteiger charge is -2.30. The van der Waals surface area contributed by atoms with E-state index in [1.165, 1.54) is 5.56 Å². The Morgan fingerprint density at radius 1 is 1.27 bits per heavy atom. The summed E-state index contributed by atoms with van der Waals surface area (Å²) in [5.74, 6) is 0.593. The highest BCUT2D eigenvalue weighted by molar-refractivity contribution is 5.31. The van der Waals surface area contributed by atoms with E-state index in [2.05, 4.69) is 32.1 Å². The molecule has 1 aromatic rings. The predicted molar refractivity (Wildman–Crippen MR) is 62.6 cm³/mol. The molecule has 2 rings (SSSR count). The summed E-state index contributed by atoms with van der Waals surface area (Å²) in [6.45, 7) is 4.25. The Kier molecular flexibility index (Phi) is 2.66. The SMILES string of the molecule is Cc1ccc(C2(O)C=CC(C)CC2)cc1. The average Bonchev–Trinajstić information content (AvgIpc) is 2.24. The quantitative estimate of drug-likeness (QED) is 0.693. The second-order valence-corrected chi connectivity index (χ2v) is 4.67. The van der Waals surface area contributed by atoms with Gasteiger partial charge in [-0.25, -0.2) is 0 Å². The molecule has 1 heteroatoms. The maximum absolute atomic E-state index is 10.5. The van der Waals surface area contributed by atoms with Crippen LogP contribution in [0.25, 0.3) is 0 Å². The van der Waals surface area contributed by atoms with Crippen molar-refractivity contribution in [3.8, 4) is 0 Å². The molecule has 80 valence electrons. The van der Waals surface area contributed by atoms with E-state index in [1.54, 1.807) is 0 Å². The summed E-state index contributed by atoms with van der Waals surface area (Å²) in [7, 11) is 0. The van der Waals surface area contributed by atoms with E-state index < -0.39 is 5.60 Å². The lowest BCUT2D eigenvalue weighted by molar-refractivity contribution is 0.0673. The summed E-state index contributed by atoms with van der Waals surface area (Å²) in [6.07, 6.45) is 5.95. The monoisotopic (exact) mass is 202 g/mol. The van der Waals surface area contributed by atoms with Crippen molar-refractivity contribution in [2.24, 2.45) is 5.92 Å². The third kappa shape index (κ3) is 2.13. The van der Waals surface area contributed by atoms with Crippen molar-refractivity contribution in [1.82, 2.24) is 0 Å². The van der Waals surface area contributed by atoms with Crippen LogP contribution in [0.4, 0.5) is 0 Å². The van der Waals surface area contributed by atoms with E-state index in [0.717, 1.165) is 18.4 Å². The van der Waals surface area contributed by atoms with Gasteiger partial charge in [0.15, 0.2) is 0 Å². The van der Waals surface area contributed by atoms with Crippen molar-refractivity contribution in [3.63, 3.8) is 0 Å². The molecular weight excluding hydrogens is 184 g/mol. The summed E-state index contributed by atoms with van der Waals surface area (Å²) in [5, 5.41) is 10.5. The summed E-state index contributed by atoms with van der Waals surface area (Å²) >= 11 is 0.